The molecule has 2 aromatic heterocycles. The van der Waals surface area contributed by atoms with Crippen molar-refractivity contribution in [2.45, 2.75) is 23.3 Å². The zero-order valence-electron chi connectivity index (χ0n) is 19.2. The fraction of sp³-hybridized carbons (Fsp3) is 0.125. The molecule has 0 bridgehead atoms. The summed E-state index contributed by atoms with van der Waals surface area (Å²) in [6, 6.07) is 16.4. The van der Waals surface area contributed by atoms with Crippen LogP contribution in [0, 0.1) is 18.3 Å². The summed E-state index contributed by atoms with van der Waals surface area (Å²) in [5, 5.41) is 19.5. The van der Waals surface area contributed by atoms with Crippen LogP contribution in [-0.2, 0) is 26.6 Å². The molecule has 0 spiro atoms. The zero-order chi connectivity index (χ0) is 27.0. The van der Waals surface area contributed by atoms with Gasteiger partial charge in [-0.15, -0.1) is 0 Å². The predicted molar refractivity (Wildman–Crippen MR) is 138 cm³/mol. The predicted octanol–water partition coefficient (Wildman–Crippen LogP) is 3.76. The first-order chi connectivity index (χ1) is 17.5. The largest absolute Gasteiger partial charge is 0.478 e. The van der Waals surface area contributed by atoms with Crippen LogP contribution in [-0.4, -0.2) is 47.7 Å². The molecule has 0 aliphatic heterocycles. The maximum absolute atomic E-state index is 13.8. The van der Waals surface area contributed by atoms with E-state index >= 15 is 0 Å². The van der Waals surface area contributed by atoms with Crippen LogP contribution in [0.3, 0.4) is 0 Å². The van der Waals surface area contributed by atoms with Crippen LogP contribution in [0.25, 0.3) is 11.0 Å². The molecule has 37 heavy (non-hydrogen) atoms. The minimum Gasteiger partial charge on any atom is -0.478 e. The van der Waals surface area contributed by atoms with Crippen molar-refractivity contribution in [1.29, 1.82) is 5.26 Å². The average Bonchev–Trinajstić information content (AvgIpc) is 3.18. The number of benzene rings is 2. The summed E-state index contributed by atoms with van der Waals surface area (Å²) in [5.74, 6) is -1.48. The monoisotopic (exact) mass is 602 g/mol. The number of nitriles is 1. The number of carboxylic acids is 1. The highest BCUT2D eigenvalue weighted by atomic mass is 79.9. The summed E-state index contributed by atoms with van der Waals surface area (Å²) in [4.78, 5) is 16.3. The van der Waals surface area contributed by atoms with Crippen molar-refractivity contribution in [3.05, 3.63) is 88.2 Å². The number of fused-ring (bicyclic) bond motifs is 1. The Hall–Kier alpha value is -3.57. The van der Waals surface area contributed by atoms with Crippen LogP contribution in [0.4, 0.5) is 0 Å². The van der Waals surface area contributed by atoms with E-state index in [1.165, 1.54) is 48.7 Å². The van der Waals surface area contributed by atoms with Gasteiger partial charge in [-0.25, -0.2) is 30.6 Å². The third-order valence-corrected chi connectivity index (χ3v) is 9.54. The highest BCUT2D eigenvalue weighted by Crippen LogP contribution is 2.33. The Bertz CT molecular complexity index is 1760. The maximum Gasteiger partial charge on any atom is 0.338 e. The fourth-order valence-corrected chi connectivity index (χ4v) is 6.99. The topological polar surface area (TPSA) is 150 Å². The summed E-state index contributed by atoms with van der Waals surface area (Å²) in [5.41, 5.74) is -0.179. The lowest BCUT2D eigenvalue weighted by Gasteiger charge is -2.21. The Labute approximate surface area is 221 Å². The normalized spacial score (nSPS) is 12.1. The second-order valence-electron chi connectivity index (χ2n) is 7.98. The van der Waals surface area contributed by atoms with Gasteiger partial charge in [0.2, 0.25) is 10.0 Å². The molecule has 0 amide bonds. The third kappa shape index (κ3) is 4.88. The lowest BCUT2D eigenvalue weighted by molar-refractivity contribution is 0.0697. The number of carboxylic acid groups (broad SMARTS) is 1. The number of sulfonamides is 1. The number of carbonyl (C=O) groups is 1. The molecule has 10 nitrogen and oxygen atoms in total. The van der Waals surface area contributed by atoms with Crippen molar-refractivity contribution in [3.63, 3.8) is 0 Å². The molecule has 4 aromatic rings. The summed E-state index contributed by atoms with van der Waals surface area (Å²) >= 11 is 3.23. The van der Waals surface area contributed by atoms with E-state index in [1.54, 1.807) is 31.2 Å². The summed E-state index contributed by atoms with van der Waals surface area (Å²) in [6.45, 7) is 0.408. The van der Waals surface area contributed by atoms with Gasteiger partial charge in [-0.2, -0.15) is 9.57 Å². The Balaban J connectivity index is 2.02. The highest BCUT2D eigenvalue weighted by molar-refractivity contribution is 9.10. The molecule has 0 saturated heterocycles. The molecule has 0 saturated carbocycles. The smallest absolute Gasteiger partial charge is 0.338 e. The number of aromatic nitrogens is 2. The van der Waals surface area contributed by atoms with Crippen LogP contribution in [0.1, 0.15) is 21.6 Å². The molecule has 0 aliphatic rings. The van der Waals surface area contributed by atoms with Crippen molar-refractivity contribution in [3.8, 4) is 6.07 Å². The van der Waals surface area contributed by atoms with Crippen molar-refractivity contribution >= 4 is 53.0 Å². The second-order valence-corrected chi connectivity index (χ2v) is 12.6. The zero-order valence-corrected chi connectivity index (χ0v) is 22.5. The van der Waals surface area contributed by atoms with Crippen LogP contribution in [0.2, 0.25) is 0 Å². The molecule has 2 aromatic carbocycles. The summed E-state index contributed by atoms with van der Waals surface area (Å²) < 4.78 is 56.3. The van der Waals surface area contributed by atoms with Gasteiger partial charge in [0, 0.05) is 16.1 Å². The number of hydrogen-bond acceptors (Lipinski definition) is 7. The molecule has 0 fully saturated rings. The first-order valence-electron chi connectivity index (χ1n) is 10.6. The first-order valence-corrected chi connectivity index (χ1v) is 14.3. The molecule has 0 unspecified atom stereocenters. The molecule has 4 rings (SSSR count). The fourth-order valence-electron chi connectivity index (χ4n) is 3.83. The highest BCUT2D eigenvalue weighted by Gasteiger charge is 2.34. The van der Waals surface area contributed by atoms with Crippen LogP contribution in [0.15, 0.2) is 81.1 Å². The van der Waals surface area contributed by atoms with E-state index in [4.69, 9.17) is 0 Å². The van der Waals surface area contributed by atoms with Gasteiger partial charge in [-0.1, -0.05) is 35.9 Å². The Morgan fingerprint density at radius 3 is 2.32 bits per heavy atom. The van der Waals surface area contributed by atoms with Crippen molar-refractivity contribution in [2.75, 3.05) is 6.54 Å². The lowest BCUT2D eigenvalue weighted by atomic mass is 10.1. The molecule has 13 heteroatoms. The quantitative estimate of drug-likeness (QED) is 0.299. The van der Waals surface area contributed by atoms with E-state index in [-0.39, 0.29) is 26.5 Å². The standard InChI is InChI=1S/C24H19BrN4O6S2/c1-16-7-9-19(10-8-16)36(32,33)28(12-11-26)15-21-22(24(30)31)20-13-17(25)14-27-23(20)29(21)37(34,35)18-5-3-2-4-6-18/h2-10,13-14H,12,15H2,1H3,(H,30,31). The van der Waals surface area contributed by atoms with Gasteiger partial charge in [0.25, 0.3) is 10.0 Å². The van der Waals surface area contributed by atoms with Crippen LogP contribution >= 0.6 is 15.9 Å². The number of aryl methyl sites for hydroxylation is 1. The Morgan fingerprint density at radius 1 is 1.08 bits per heavy atom. The molecule has 2 heterocycles. The molecular formula is C24H19BrN4O6S2. The lowest BCUT2D eigenvalue weighted by Crippen LogP contribution is -2.33. The van der Waals surface area contributed by atoms with Crippen molar-refractivity contribution < 1.29 is 26.7 Å². The number of hydrogen-bond donors (Lipinski definition) is 1. The van der Waals surface area contributed by atoms with E-state index < -0.39 is 44.7 Å². The Kier molecular flexibility index (Phi) is 7.20. The van der Waals surface area contributed by atoms with Crippen LogP contribution < -0.4 is 0 Å². The third-order valence-electron chi connectivity index (χ3n) is 5.56. The van der Waals surface area contributed by atoms with Gasteiger partial charge in [-0.05, 0) is 53.2 Å². The van der Waals surface area contributed by atoms with E-state index in [9.17, 15) is 32.0 Å². The molecule has 190 valence electrons. The molecule has 0 atom stereocenters. The number of pyridine rings is 1. The van der Waals surface area contributed by atoms with Crippen molar-refractivity contribution in [1.82, 2.24) is 13.3 Å². The number of halogens is 1. The van der Waals surface area contributed by atoms with E-state index in [0.717, 1.165) is 13.8 Å². The van der Waals surface area contributed by atoms with E-state index in [0.29, 0.717) is 4.47 Å². The number of aromatic carboxylic acids is 1. The Morgan fingerprint density at radius 2 is 1.73 bits per heavy atom. The molecular weight excluding hydrogens is 584 g/mol. The number of rotatable bonds is 8. The van der Waals surface area contributed by atoms with Gasteiger partial charge < -0.3 is 5.11 Å². The molecule has 1 N–H and O–H groups in total. The van der Waals surface area contributed by atoms with Gasteiger partial charge in [0.1, 0.15) is 6.54 Å². The van der Waals surface area contributed by atoms with E-state index in [1.807, 2.05) is 0 Å². The van der Waals surface area contributed by atoms with Gasteiger partial charge in [-0.3, -0.25) is 0 Å². The van der Waals surface area contributed by atoms with Gasteiger partial charge in [0.05, 0.1) is 33.7 Å². The maximum atomic E-state index is 13.8. The second kappa shape index (κ2) is 10.1. The first kappa shape index (κ1) is 26.5. The number of nitrogens with zero attached hydrogens (tertiary/aromatic N) is 4. The minimum absolute atomic E-state index is 0.0129. The summed E-state index contributed by atoms with van der Waals surface area (Å²) in [6.07, 6.45) is 1.31. The SMILES string of the molecule is Cc1ccc(S(=O)(=O)N(CC#N)Cc2c(C(=O)O)c3cc(Br)cnc3n2S(=O)(=O)c2ccccc2)cc1. The van der Waals surface area contributed by atoms with Crippen molar-refractivity contribution in [2.24, 2.45) is 0 Å². The summed E-state index contributed by atoms with van der Waals surface area (Å²) in [7, 11) is -8.74. The van der Waals surface area contributed by atoms with E-state index in [2.05, 4.69) is 20.9 Å². The van der Waals surface area contributed by atoms with Gasteiger partial charge in [0.15, 0.2) is 5.65 Å². The van der Waals surface area contributed by atoms with Gasteiger partial charge >= 0.3 is 5.97 Å². The van der Waals surface area contributed by atoms with Crippen LogP contribution in [0.5, 0.6) is 0 Å². The molecule has 0 aliphatic carbocycles. The minimum atomic E-state index is -4.43. The molecule has 0 radical (unpaired) electrons. The average molecular weight is 603 g/mol.